The summed E-state index contributed by atoms with van der Waals surface area (Å²) >= 11 is 0. The smallest absolute Gasteiger partial charge is 0.264 e. The fourth-order valence-electron chi connectivity index (χ4n) is 4.08. The third-order valence-corrected chi connectivity index (χ3v) is 8.10. The van der Waals surface area contributed by atoms with Crippen molar-refractivity contribution in [2.24, 2.45) is 5.92 Å². The third-order valence-electron chi connectivity index (χ3n) is 6.33. The molecule has 0 aliphatic rings. The molecule has 0 aliphatic heterocycles. The summed E-state index contributed by atoms with van der Waals surface area (Å²) in [7, 11) is -2.45. The molecule has 0 radical (unpaired) electrons. The lowest BCUT2D eigenvalue weighted by Crippen LogP contribution is -2.34. The maximum absolute atomic E-state index is 13.9. The number of nitrogens with one attached hydrogen (secondary N) is 1. The zero-order valence-electron chi connectivity index (χ0n) is 21.3. The minimum absolute atomic E-state index is 0.0909. The van der Waals surface area contributed by atoms with Gasteiger partial charge in [-0.15, -0.1) is 0 Å². The lowest BCUT2D eigenvalue weighted by Gasteiger charge is -2.27. The third kappa shape index (κ3) is 6.88. The van der Waals surface area contributed by atoms with Crippen molar-refractivity contribution in [1.29, 1.82) is 0 Å². The van der Waals surface area contributed by atoms with E-state index in [1.165, 1.54) is 23.5 Å². The lowest BCUT2D eigenvalue weighted by atomic mass is 9.99. The van der Waals surface area contributed by atoms with E-state index in [0.29, 0.717) is 29.5 Å². The molecule has 36 heavy (non-hydrogen) atoms. The Balaban J connectivity index is 1.98. The quantitative estimate of drug-likeness (QED) is 0.306. The molecule has 1 atom stereocenters. The molecule has 1 unspecified atom stereocenters. The number of benzene rings is 3. The van der Waals surface area contributed by atoms with Gasteiger partial charge in [0.2, 0.25) is 0 Å². The van der Waals surface area contributed by atoms with E-state index >= 15 is 0 Å². The molecule has 0 spiro atoms. The number of methoxy groups -OCH3 is 1. The summed E-state index contributed by atoms with van der Waals surface area (Å²) in [6.07, 6.45) is 4.27. The van der Waals surface area contributed by atoms with E-state index in [2.05, 4.69) is 19.2 Å². The van der Waals surface area contributed by atoms with E-state index in [1.807, 2.05) is 30.3 Å². The number of hydrogen-bond acceptors (Lipinski definition) is 4. The summed E-state index contributed by atoms with van der Waals surface area (Å²) in [6, 6.07) is 22.5. The van der Waals surface area contributed by atoms with Crippen LogP contribution < -0.4 is 14.4 Å². The fraction of sp³-hybridized carbons (Fsp3) is 0.345. The van der Waals surface area contributed by atoms with Gasteiger partial charge in [0.05, 0.1) is 29.8 Å². The minimum atomic E-state index is -3.98. The monoisotopic (exact) mass is 508 g/mol. The number of anilines is 1. The predicted molar refractivity (Wildman–Crippen MR) is 145 cm³/mol. The number of rotatable bonds is 13. The molecule has 6 nitrogen and oxygen atoms in total. The van der Waals surface area contributed by atoms with E-state index in [0.717, 1.165) is 31.2 Å². The van der Waals surface area contributed by atoms with Crippen LogP contribution in [0.4, 0.5) is 5.69 Å². The van der Waals surface area contributed by atoms with E-state index in [-0.39, 0.29) is 17.3 Å². The number of carbonyl (C=O) groups excluding carboxylic acids is 1. The summed E-state index contributed by atoms with van der Waals surface area (Å²) < 4.78 is 34.3. The normalized spacial score (nSPS) is 12.1. The largest absolute Gasteiger partial charge is 0.497 e. The molecule has 0 aliphatic carbocycles. The molecule has 1 amide bonds. The molecular weight excluding hydrogens is 472 g/mol. The summed E-state index contributed by atoms with van der Waals surface area (Å²) in [4.78, 5) is 13.4. The Morgan fingerprint density at radius 2 is 1.61 bits per heavy atom. The first-order chi connectivity index (χ1) is 17.4. The molecular formula is C29H36N2O4S. The van der Waals surface area contributed by atoms with Crippen molar-refractivity contribution in [3.05, 3.63) is 90.0 Å². The standard InChI is InChI=1S/C29H36N2O4S/c1-4-6-12-23(5-2)21-30-29(32)27-15-10-11-16-28(27)31(22-24-13-8-7-9-14-24)36(33,34)26-19-17-25(35-3)18-20-26/h7-11,13-20,23H,4-6,12,21-22H2,1-3H3,(H,30,32). The predicted octanol–water partition coefficient (Wildman–Crippen LogP) is 6.04. The first-order valence-electron chi connectivity index (χ1n) is 12.5. The summed E-state index contributed by atoms with van der Waals surface area (Å²) in [5.74, 6) is 0.685. The number of amides is 1. The van der Waals surface area contributed by atoms with E-state index in [9.17, 15) is 13.2 Å². The van der Waals surface area contributed by atoms with Crippen LogP contribution in [0, 0.1) is 5.92 Å². The van der Waals surface area contributed by atoms with Crippen molar-refractivity contribution in [3.63, 3.8) is 0 Å². The molecule has 1 N–H and O–H groups in total. The molecule has 0 fully saturated rings. The molecule has 3 aromatic carbocycles. The van der Waals surface area contributed by atoms with Gasteiger partial charge < -0.3 is 10.1 Å². The van der Waals surface area contributed by atoms with Crippen molar-refractivity contribution < 1.29 is 17.9 Å². The van der Waals surface area contributed by atoms with Crippen molar-refractivity contribution >= 4 is 21.6 Å². The van der Waals surface area contributed by atoms with Gasteiger partial charge in [-0.1, -0.05) is 75.6 Å². The maximum atomic E-state index is 13.9. The molecule has 0 saturated heterocycles. The number of nitrogens with zero attached hydrogens (tertiary/aromatic N) is 1. The Hall–Kier alpha value is -3.32. The Bertz CT molecular complexity index is 1210. The van der Waals surface area contributed by atoms with Crippen LogP contribution in [0.2, 0.25) is 0 Å². The van der Waals surface area contributed by atoms with Crippen molar-refractivity contribution in [3.8, 4) is 5.75 Å². The van der Waals surface area contributed by atoms with Gasteiger partial charge in [-0.25, -0.2) is 8.42 Å². The van der Waals surface area contributed by atoms with Crippen LogP contribution in [0.5, 0.6) is 5.75 Å². The number of sulfonamides is 1. The van der Waals surface area contributed by atoms with Crippen LogP contribution in [0.15, 0.2) is 83.8 Å². The first kappa shape index (κ1) is 27.3. The van der Waals surface area contributed by atoms with Crippen LogP contribution >= 0.6 is 0 Å². The highest BCUT2D eigenvalue weighted by Gasteiger charge is 2.29. The van der Waals surface area contributed by atoms with Crippen LogP contribution in [-0.4, -0.2) is 28.0 Å². The van der Waals surface area contributed by atoms with Gasteiger partial charge in [-0.3, -0.25) is 9.10 Å². The second-order valence-corrected chi connectivity index (χ2v) is 10.7. The van der Waals surface area contributed by atoms with E-state index in [1.54, 1.807) is 36.4 Å². The number of hydrogen-bond donors (Lipinski definition) is 1. The lowest BCUT2D eigenvalue weighted by molar-refractivity contribution is 0.0946. The second kappa shape index (κ2) is 13.1. The van der Waals surface area contributed by atoms with Crippen LogP contribution in [0.25, 0.3) is 0 Å². The van der Waals surface area contributed by atoms with Crippen LogP contribution in [-0.2, 0) is 16.6 Å². The topological polar surface area (TPSA) is 75.7 Å². The number of ether oxygens (including phenoxy) is 1. The second-order valence-electron chi connectivity index (χ2n) is 8.82. The average molecular weight is 509 g/mol. The summed E-state index contributed by atoms with van der Waals surface area (Å²) in [5, 5.41) is 3.05. The molecule has 0 aromatic heterocycles. The number of para-hydroxylation sites is 1. The molecule has 3 aromatic rings. The van der Waals surface area contributed by atoms with Crippen molar-refractivity contribution in [2.45, 2.75) is 51.0 Å². The van der Waals surface area contributed by atoms with Gasteiger partial charge in [0.25, 0.3) is 15.9 Å². The first-order valence-corrected chi connectivity index (χ1v) is 13.9. The van der Waals surface area contributed by atoms with Crippen LogP contribution in [0.3, 0.4) is 0 Å². The zero-order chi connectivity index (χ0) is 26.0. The number of unbranched alkanes of at least 4 members (excludes halogenated alkanes) is 1. The molecule has 7 heteroatoms. The van der Waals surface area contributed by atoms with Crippen LogP contribution in [0.1, 0.15) is 55.5 Å². The molecule has 0 saturated carbocycles. The molecule has 0 bridgehead atoms. The van der Waals surface area contributed by atoms with Gasteiger partial charge in [-0.2, -0.15) is 0 Å². The summed E-state index contributed by atoms with van der Waals surface area (Å²) in [5.41, 5.74) is 1.49. The van der Waals surface area contributed by atoms with E-state index in [4.69, 9.17) is 4.74 Å². The fourth-order valence-corrected chi connectivity index (χ4v) is 5.55. The highest BCUT2D eigenvalue weighted by molar-refractivity contribution is 7.92. The summed E-state index contributed by atoms with van der Waals surface area (Å²) in [6.45, 7) is 4.94. The maximum Gasteiger partial charge on any atom is 0.264 e. The van der Waals surface area contributed by atoms with Gasteiger partial charge in [0, 0.05) is 6.54 Å². The highest BCUT2D eigenvalue weighted by Crippen LogP contribution is 2.30. The number of carbonyl (C=O) groups is 1. The molecule has 192 valence electrons. The Kier molecular flexibility index (Phi) is 9.94. The van der Waals surface area contributed by atoms with Gasteiger partial charge in [-0.05, 0) is 54.3 Å². The Labute approximate surface area is 215 Å². The highest BCUT2D eigenvalue weighted by atomic mass is 32.2. The molecule has 3 rings (SSSR count). The van der Waals surface area contributed by atoms with Gasteiger partial charge >= 0.3 is 0 Å². The Morgan fingerprint density at radius 3 is 2.25 bits per heavy atom. The average Bonchev–Trinajstić information content (AvgIpc) is 2.92. The zero-order valence-corrected chi connectivity index (χ0v) is 22.1. The minimum Gasteiger partial charge on any atom is -0.497 e. The van der Waals surface area contributed by atoms with E-state index < -0.39 is 10.0 Å². The molecule has 0 heterocycles. The van der Waals surface area contributed by atoms with Gasteiger partial charge in [0.15, 0.2) is 0 Å². The van der Waals surface area contributed by atoms with Gasteiger partial charge in [0.1, 0.15) is 5.75 Å². The Morgan fingerprint density at radius 1 is 0.944 bits per heavy atom. The SMILES string of the molecule is CCCCC(CC)CNC(=O)c1ccccc1N(Cc1ccccc1)S(=O)(=O)c1ccc(OC)cc1. The van der Waals surface area contributed by atoms with Crippen molar-refractivity contribution in [1.82, 2.24) is 5.32 Å². The van der Waals surface area contributed by atoms with Crippen molar-refractivity contribution in [2.75, 3.05) is 18.0 Å².